The summed E-state index contributed by atoms with van der Waals surface area (Å²) in [6, 6.07) is 7.07. The number of nitrogens with one attached hydrogen (secondary N) is 1. The lowest BCUT2D eigenvalue weighted by Gasteiger charge is -2.15. The molecule has 0 aliphatic carbocycles. The van der Waals surface area contributed by atoms with Crippen LogP contribution in [0.5, 0.6) is 0 Å². The summed E-state index contributed by atoms with van der Waals surface area (Å²) in [6.45, 7) is -0.975. The summed E-state index contributed by atoms with van der Waals surface area (Å²) < 4.78 is 43.6. The predicted octanol–water partition coefficient (Wildman–Crippen LogP) is 2.29. The number of aliphatic carboxylic acids is 1. The molecule has 22 heavy (non-hydrogen) atoms. The van der Waals surface area contributed by atoms with Gasteiger partial charge in [0.05, 0.1) is 6.61 Å². The van der Waals surface area contributed by atoms with E-state index >= 15 is 0 Å². The number of carboxylic acids is 1. The van der Waals surface area contributed by atoms with Gasteiger partial charge in [-0.25, -0.2) is 9.59 Å². The van der Waals surface area contributed by atoms with Gasteiger partial charge in [0.15, 0.2) is 0 Å². The molecule has 0 radical (unpaired) electrons. The smallest absolute Gasteiger partial charge is 0.480 e. The molecule has 9 heteroatoms. The molecule has 2 N–H and O–H groups in total. The van der Waals surface area contributed by atoms with E-state index in [0.717, 1.165) is 0 Å². The first-order valence-corrected chi connectivity index (χ1v) is 6.18. The number of halogens is 3. The van der Waals surface area contributed by atoms with E-state index in [0.29, 0.717) is 5.56 Å². The summed E-state index contributed by atoms with van der Waals surface area (Å²) >= 11 is 0. The maximum absolute atomic E-state index is 11.8. The summed E-state index contributed by atoms with van der Waals surface area (Å²) in [4.78, 5) is 22.3. The normalized spacial score (nSPS) is 12.5. The third kappa shape index (κ3) is 7.48. The van der Waals surface area contributed by atoms with Crippen LogP contribution < -0.4 is 5.32 Å². The van der Waals surface area contributed by atoms with Crippen LogP contribution in [0.2, 0.25) is 0 Å². The van der Waals surface area contributed by atoms with Gasteiger partial charge in [-0.15, -0.1) is 13.2 Å². The molecular formula is C13H14F3NO5. The maximum Gasteiger partial charge on any atom is 0.522 e. The molecule has 122 valence electrons. The summed E-state index contributed by atoms with van der Waals surface area (Å²) in [7, 11) is 0. The van der Waals surface area contributed by atoms with Gasteiger partial charge in [0.1, 0.15) is 12.6 Å². The fraction of sp³-hybridized carbons (Fsp3) is 0.385. The van der Waals surface area contributed by atoms with Crippen LogP contribution in [0.3, 0.4) is 0 Å². The molecule has 0 aliphatic rings. The Kier molecular flexibility index (Phi) is 6.64. The van der Waals surface area contributed by atoms with Gasteiger partial charge in [-0.1, -0.05) is 30.3 Å². The Morgan fingerprint density at radius 3 is 2.41 bits per heavy atom. The highest BCUT2D eigenvalue weighted by Gasteiger charge is 2.30. The monoisotopic (exact) mass is 321 g/mol. The number of alkyl carbamates (subject to hydrolysis) is 1. The third-order valence-electron chi connectivity index (χ3n) is 2.48. The second-order valence-corrected chi connectivity index (χ2v) is 4.18. The Hall–Kier alpha value is -2.29. The van der Waals surface area contributed by atoms with Crippen molar-refractivity contribution < 1.29 is 37.3 Å². The Morgan fingerprint density at radius 1 is 1.23 bits per heavy atom. The van der Waals surface area contributed by atoms with Gasteiger partial charge in [-0.2, -0.15) is 0 Å². The van der Waals surface area contributed by atoms with E-state index < -0.39 is 37.5 Å². The average Bonchev–Trinajstić information content (AvgIpc) is 2.43. The van der Waals surface area contributed by atoms with Crippen LogP contribution >= 0.6 is 0 Å². The van der Waals surface area contributed by atoms with Crippen molar-refractivity contribution in [1.29, 1.82) is 0 Å². The van der Waals surface area contributed by atoms with Crippen LogP contribution in [0.25, 0.3) is 0 Å². The molecule has 0 saturated heterocycles. The topological polar surface area (TPSA) is 84.9 Å². The quantitative estimate of drug-likeness (QED) is 0.805. The van der Waals surface area contributed by atoms with Gasteiger partial charge < -0.3 is 15.2 Å². The van der Waals surface area contributed by atoms with Gasteiger partial charge in [-0.05, 0) is 5.56 Å². The zero-order valence-corrected chi connectivity index (χ0v) is 11.3. The lowest BCUT2D eigenvalue weighted by molar-refractivity contribution is -0.324. The maximum atomic E-state index is 11.8. The van der Waals surface area contributed by atoms with E-state index in [1.54, 1.807) is 30.3 Å². The summed E-state index contributed by atoms with van der Waals surface area (Å²) in [5, 5.41) is 10.8. The van der Waals surface area contributed by atoms with Crippen molar-refractivity contribution in [3.63, 3.8) is 0 Å². The molecule has 0 fully saturated rings. The molecule has 0 bridgehead atoms. The minimum Gasteiger partial charge on any atom is -0.480 e. The number of carbonyl (C=O) groups excluding carboxylic acids is 1. The first-order valence-electron chi connectivity index (χ1n) is 6.18. The highest BCUT2D eigenvalue weighted by atomic mass is 19.4. The predicted molar refractivity (Wildman–Crippen MR) is 67.8 cm³/mol. The molecule has 0 aromatic heterocycles. The molecule has 1 aromatic carbocycles. The minimum absolute atomic E-state index is 0.0853. The Labute approximate surface area is 123 Å². The molecule has 1 atom stereocenters. The van der Waals surface area contributed by atoms with Crippen molar-refractivity contribution in [2.45, 2.75) is 25.4 Å². The number of amides is 1. The van der Waals surface area contributed by atoms with Crippen LogP contribution in [0.1, 0.15) is 12.0 Å². The van der Waals surface area contributed by atoms with E-state index in [-0.39, 0.29) is 6.61 Å². The van der Waals surface area contributed by atoms with Gasteiger partial charge >= 0.3 is 18.4 Å². The van der Waals surface area contributed by atoms with Gasteiger partial charge in [0.2, 0.25) is 0 Å². The minimum atomic E-state index is -4.85. The fourth-order valence-corrected chi connectivity index (χ4v) is 1.46. The number of ether oxygens (including phenoxy) is 2. The molecule has 0 spiro atoms. The van der Waals surface area contributed by atoms with E-state index in [1.807, 2.05) is 5.32 Å². The molecule has 1 unspecified atom stereocenters. The van der Waals surface area contributed by atoms with Crippen LogP contribution in [0.4, 0.5) is 18.0 Å². The molecule has 1 amide bonds. The van der Waals surface area contributed by atoms with Crippen LogP contribution in [0, 0.1) is 0 Å². The number of carboxylic acid groups (broad SMARTS) is 1. The molecular weight excluding hydrogens is 307 g/mol. The Morgan fingerprint density at radius 2 is 1.86 bits per heavy atom. The lowest BCUT2D eigenvalue weighted by Crippen LogP contribution is -2.42. The second kappa shape index (κ2) is 8.23. The van der Waals surface area contributed by atoms with Crippen molar-refractivity contribution in [3.05, 3.63) is 35.9 Å². The summed E-state index contributed by atoms with van der Waals surface area (Å²) in [5.74, 6) is -1.48. The van der Waals surface area contributed by atoms with E-state index in [2.05, 4.69) is 4.74 Å². The fourth-order valence-electron chi connectivity index (χ4n) is 1.46. The average molecular weight is 321 g/mol. The summed E-state index contributed by atoms with van der Waals surface area (Å²) in [6.07, 6.45) is -6.44. The van der Waals surface area contributed by atoms with Crippen LogP contribution in [-0.2, 0) is 20.9 Å². The van der Waals surface area contributed by atoms with Crippen molar-refractivity contribution in [1.82, 2.24) is 5.32 Å². The Balaban J connectivity index is 2.39. The molecule has 1 aromatic rings. The molecule has 0 heterocycles. The van der Waals surface area contributed by atoms with Gasteiger partial charge in [0.25, 0.3) is 0 Å². The van der Waals surface area contributed by atoms with Crippen molar-refractivity contribution in [3.8, 4) is 0 Å². The first-order chi connectivity index (χ1) is 10.3. The van der Waals surface area contributed by atoms with Crippen LogP contribution in [-0.4, -0.2) is 36.2 Å². The van der Waals surface area contributed by atoms with E-state index in [9.17, 15) is 22.8 Å². The van der Waals surface area contributed by atoms with Crippen LogP contribution in [0.15, 0.2) is 30.3 Å². The van der Waals surface area contributed by atoms with E-state index in [4.69, 9.17) is 9.84 Å². The van der Waals surface area contributed by atoms with Crippen molar-refractivity contribution >= 4 is 12.1 Å². The van der Waals surface area contributed by atoms with Gasteiger partial charge in [-0.3, -0.25) is 4.74 Å². The van der Waals surface area contributed by atoms with Crippen molar-refractivity contribution in [2.75, 3.05) is 6.61 Å². The summed E-state index contributed by atoms with van der Waals surface area (Å²) in [5.41, 5.74) is 0.685. The highest BCUT2D eigenvalue weighted by molar-refractivity contribution is 5.79. The number of alkyl halides is 3. The molecule has 0 aliphatic heterocycles. The molecule has 0 saturated carbocycles. The number of rotatable bonds is 7. The zero-order valence-electron chi connectivity index (χ0n) is 11.3. The van der Waals surface area contributed by atoms with E-state index in [1.165, 1.54) is 0 Å². The lowest BCUT2D eigenvalue weighted by atomic mass is 10.2. The van der Waals surface area contributed by atoms with Crippen molar-refractivity contribution in [2.24, 2.45) is 0 Å². The zero-order chi connectivity index (χ0) is 16.6. The first kappa shape index (κ1) is 17.8. The number of carbonyl (C=O) groups is 2. The standard InChI is InChI=1S/C13H14F3NO5/c14-13(15,16)22-7-6-10(11(18)19)17-12(20)21-8-9-4-2-1-3-5-9/h1-5,10H,6-8H2,(H,17,20)(H,18,19). The third-order valence-corrected chi connectivity index (χ3v) is 2.48. The van der Waals surface area contributed by atoms with Gasteiger partial charge in [0, 0.05) is 6.42 Å². The molecule has 6 nitrogen and oxygen atoms in total. The number of hydrogen-bond acceptors (Lipinski definition) is 4. The number of benzene rings is 1. The highest BCUT2D eigenvalue weighted by Crippen LogP contribution is 2.16. The second-order valence-electron chi connectivity index (χ2n) is 4.18. The number of hydrogen-bond donors (Lipinski definition) is 2. The SMILES string of the molecule is O=C(NC(CCOC(F)(F)F)C(=O)O)OCc1ccccc1. The Bertz CT molecular complexity index is 492. The largest absolute Gasteiger partial charge is 0.522 e. The molecule has 1 rings (SSSR count).